The Bertz CT molecular complexity index is 445. The molecule has 0 spiro atoms. The van der Waals surface area contributed by atoms with Crippen LogP contribution in [0.25, 0.3) is 11.3 Å². The van der Waals surface area contributed by atoms with Crippen molar-refractivity contribution in [2.45, 2.75) is 26.4 Å². The molecule has 0 atom stereocenters. The molecule has 16 heavy (non-hydrogen) atoms. The van der Waals surface area contributed by atoms with Crippen LogP contribution in [0, 0.1) is 0 Å². The molecule has 0 aliphatic carbocycles. The lowest BCUT2D eigenvalue weighted by Gasteiger charge is -2.08. The van der Waals surface area contributed by atoms with Crippen LogP contribution >= 0.6 is 0 Å². The summed E-state index contributed by atoms with van der Waals surface area (Å²) in [6, 6.07) is 10.3. The average Bonchev–Trinajstić information content (AvgIpc) is 2.74. The average molecular weight is 215 g/mol. The van der Waals surface area contributed by atoms with Crippen molar-refractivity contribution < 1.29 is 0 Å². The first kappa shape index (κ1) is 10.9. The highest BCUT2D eigenvalue weighted by Gasteiger charge is 2.10. The lowest BCUT2D eigenvalue weighted by Crippen LogP contribution is -2.03. The minimum atomic E-state index is 0.536. The second kappa shape index (κ2) is 4.94. The van der Waals surface area contributed by atoms with Gasteiger partial charge in [-0.25, -0.2) is 0 Å². The van der Waals surface area contributed by atoms with Gasteiger partial charge in [0.2, 0.25) is 0 Å². The lowest BCUT2D eigenvalue weighted by molar-refractivity contribution is 0.608. The van der Waals surface area contributed by atoms with E-state index >= 15 is 0 Å². The van der Waals surface area contributed by atoms with Crippen molar-refractivity contribution in [1.82, 2.24) is 9.78 Å². The van der Waals surface area contributed by atoms with E-state index in [1.165, 1.54) is 5.56 Å². The second-order valence-electron chi connectivity index (χ2n) is 3.81. The lowest BCUT2D eigenvalue weighted by atomic mass is 10.1. The Morgan fingerprint density at radius 3 is 2.62 bits per heavy atom. The predicted octanol–water partition coefficient (Wildman–Crippen LogP) is 2.42. The second-order valence-corrected chi connectivity index (χ2v) is 3.81. The van der Waals surface area contributed by atoms with E-state index in [-0.39, 0.29) is 0 Å². The molecule has 0 saturated carbocycles. The zero-order chi connectivity index (χ0) is 11.4. The number of aromatic nitrogens is 2. The van der Waals surface area contributed by atoms with Gasteiger partial charge in [0, 0.05) is 24.2 Å². The first-order chi connectivity index (χ1) is 7.86. The van der Waals surface area contributed by atoms with E-state index in [1.807, 2.05) is 29.1 Å². The molecule has 1 aromatic heterocycles. The van der Waals surface area contributed by atoms with E-state index < -0.39 is 0 Å². The SMILES string of the molecule is CCCn1ncc(CN)c1-c1ccccc1. The van der Waals surface area contributed by atoms with Crippen molar-refractivity contribution in [3.8, 4) is 11.3 Å². The first-order valence-corrected chi connectivity index (χ1v) is 5.67. The summed E-state index contributed by atoms with van der Waals surface area (Å²) in [7, 11) is 0. The van der Waals surface area contributed by atoms with Crippen molar-refractivity contribution >= 4 is 0 Å². The van der Waals surface area contributed by atoms with Crippen molar-refractivity contribution in [1.29, 1.82) is 0 Å². The fourth-order valence-corrected chi connectivity index (χ4v) is 1.89. The third kappa shape index (κ3) is 1.99. The largest absolute Gasteiger partial charge is 0.326 e. The molecule has 0 saturated heterocycles. The smallest absolute Gasteiger partial charge is 0.0727 e. The number of hydrogen-bond donors (Lipinski definition) is 1. The van der Waals surface area contributed by atoms with Crippen LogP contribution in [-0.4, -0.2) is 9.78 Å². The number of nitrogens with two attached hydrogens (primary N) is 1. The summed E-state index contributed by atoms with van der Waals surface area (Å²) in [5.41, 5.74) is 9.20. The molecule has 1 aromatic carbocycles. The van der Waals surface area contributed by atoms with Crippen LogP contribution < -0.4 is 5.73 Å². The molecule has 0 amide bonds. The van der Waals surface area contributed by atoms with Gasteiger partial charge >= 0.3 is 0 Å². The number of aryl methyl sites for hydroxylation is 1. The Morgan fingerprint density at radius 2 is 2.00 bits per heavy atom. The highest BCUT2D eigenvalue weighted by molar-refractivity contribution is 5.63. The third-order valence-electron chi connectivity index (χ3n) is 2.62. The normalized spacial score (nSPS) is 10.6. The summed E-state index contributed by atoms with van der Waals surface area (Å²) in [5, 5.41) is 4.39. The Hall–Kier alpha value is -1.61. The van der Waals surface area contributed by atoms with Crippen LogP contribution in [-0.2, 0) is 13.1 Å². The van der Waals surface area contributed by atoms with Crippen molar-refractivity contribution in [2.24, 2.45) is 5.73 Å². The highest BCUT2D eigenvalue weighted by atomic mass is 15.3. The summed E-state index contributed by atoms with van der Waals surface area (Å²) in [4.78, 5) is 0. The van der Waals surface area contributed by atoms with Crippen molar-refractivity contribution in [2.75, 3.05) is 0 Å². The summed E-state index contributed by atoms with van der Waals surface area (Å²) < 4.78 is 2.04. The van der Waals surface area contributed by atoms with Crippen LogP contribution in [0.2, 0.25) is 0 Å². The van der Waals surface area contributed by atoms with Crippen LogP contribution in [0.15, 0.2) is 36.5 Å². The molecule has 0 radical (unpaired) electrons. The molecular formula is C13H17N3. The number of nitrogens with zero attached hydrogens (tertiary/aromatic N) is 2. The molecule has 0 aliphatic heterocycles. The zero-order valence-corrected chi connectivity index (χ0v) is 9.56. The third-order valence-corrected chi connectivity index (χ3v) is 2.62. The monoisotopic (exact) mass is 215 g/mol. The minimum absolute atomic E-state index is 0.536. The molecule has 2 rings (SSSR count). The number of rotatable bonds is 4. The number of benzene rings is 1. The molecule has 3 heteroatoms. The molecule has 3 nitrogen and oxygen atoms in total. The highest BCUT2D eigenvalue weighted by Crippen LogP contribution is 2.23. The maximum Gasteiger partial charge on any atom is 0.0727 e. The minimum Gasteiger partial charge on any atom is -0.326 e. The zero-order valence-electron chi connectivity index (χ0n) is 9.56. The van der Waals surface area contributed by atoms with Gasteiger partial charge < -0.3 is 5.73 Å². The van der Waals surface area contributed by atoms with E-state index in [0.29, 0.717) is 6.54 Å². The molecule has 2 N–H and O–H groups in total. The van der Waals surface area contributed by atoms with E-state index in [0.717, 1.165) is 24.2 Å². The van der Waals surface area contributed by atoms with E-state index in [1.54, 1.807) is 0 Å². The van der Waals surface area contributed by atoms with Gasteiger partial charge in [-0.05, 0) is 6.42 Å². The fourth-order valence-electron chi connectivity index (χ4n) is 1.89. The molecule has 0 aliphatic rings. The van der Waals surface area contributed by atoms with Crippen LogP contribution in [0.4, 0.5) is 0 Å². The van der Waals surface area contributed by atoms with Crippen molar-refractivity contribution in [3.63, 3.8) is 0 Å². The van der Waals surface area contributed by atoms with Gasteiger partial charge in [0.15, 0.2) is 0 Å². The van der Waals surface area contributed by atoms with Gasteiger partial charge in [-0.2, -0.15) is 5.10 Å². The summed E-state index contributed by atoms with van der Waals surface area (Å²) in [5.74, 6) is 0. The van der Waals surface area contributed by atoms with Crippen LogP contribution in [0.5, 0.6) is 0 Å². The standard InChI is InChI=1S/C13H17N3/c1-2-8-16-13(12(9-14)10-15-16)11-6-4-3-5-7-11/h3-7,10H,2,8-9,14H2,1H3. The molecular weight excluding hydrogens is 198 g/mol. The molecule has 2 aromatic rings. The maximum atomic E-state index is 5.74. The summed E-state index contributed by atoms with van der Waals surface area (Å²) in [6.07, 6.45) is 2.95. The van der Waals surface area contributed by atoms with Gasteiger partial charge in [0.05, 0.1) is 11.9 Å². The Balaban J connectivity index is 2.48. The van der Waals surface area contributed by atoms with Crippen LogP contribution in [0.1, 0.15) is 18.9 Å². The fraction of sp³-hybridized carbons (Fsp3) is 0.308. The van der Waals surface area contributed by atoms with Gasteiger partial charge in [-0.3, -0.25) is 4.68 Å². The Kier molecular flexibility index (Phi) is 3.37. The first-order valence-electron chi connectivity index (χ1n) is 5.67. The maximum absolute atomic E-state index is 5.74. The van der Waals surface area contributed by atoms with Crippen molar-refractivity contribution in [3.05, 3.63) is 42.1 Å². The molecule has 0 fully saturated rings. The van der Waals surface area contributed by atoms with Gasteiger partial charge in [-0.15, -0.1) is 0 Å². The number of hydrogen-bond acceptors (Lipinski definition) is 2. The predicted molar refractivity (Wildman–Crippen MR) is 65.8 cm³/mol. The molecule has 1 heterocycles. The topological polar surface area (TPSA) is 43.8 Å². The Morgan fingerprint density at radius 1 is 1.25 bits per heavy atom. The Labute approximate surface area is 95.9 Å². The summed E-state index contributed by atoms with van der Waals surface area (Å²) in [6.45, 7) is 3.62. The summed E-state index contributed by atoms with van der Waals surface area (Å²) >= 11 is 0. The van der Waals surface area contributed by atoms with Gasteiger partial charge in [-0.1, -0.05) is 37.3 Å². The molecule has 0 unspecified atom stereocenters. The van der Waals surface area contributed by atoms with E-state index in [4.69, 9.17) is 5.73 Å². The van der Waals surface area contributed by atoms with Gasteiger partial charge in [0.1, 0.15) is 0 Å². The quantitative estimate of drug-likeness (QED) is 0.851. The van der Waals surface area contributed by atoms with E-state index in [2.05, 4.69) is 24.2 Å². The molecule has 84 valence electrons. The molecule has 0 bridgehead atoms. The van der Waals surface area contributed by atoms with Gasteiger partial charge in [0.25, 0.3) is 0 Å². The van der Waals surface area contributed by atoms with Crippen LogP contribution in [0.3, 0.4) is 0 Å². The van der Waals surface area contributed by atoms with E-state index in [9.17, 15) is 0 Å².